The van der Waals surface area contributed by atoms with E-state index in [9.17, 15) is 4.79 Å². The number of carbonyl (C=O) groups is 1. The van der Waals surface area contributed by atoms with Crippen molar-refractivity contribution in [3.05, 3.63) is 0 Å². The Morgan fingerprint density at radius 1 is 1.26 bits per heavy atom. The van der Waals surface area contributed by atoms with E-state index in [0.29, 0.717) is 32.2 Å². The summed E-state index contributed by atoms with van der Waals surface area (Å²) >= 11 is 0. The van der Waals surface area contributed by atoms with Gasteiger partial charge < -0.3 is 19.5 Å². The van der Waals surface area contributed by atoms with E-state index in [1.54, 1.807) is 7.11 Å². The van der Waals surface area contributed by atoms with Gasteiger partial charge in [0.15, 0.2) is 0 Å². The number of hydrogen-bond donors (Lipinski definition) is 1. The Hall–Kier alpha value is -0.650. The summed E-state index contributed by atoms with van der Waals surface area (Å²) in [5.41, 5.74) is -0.244. The van der Waals surface area contributed by atoms with Crippen molar-refractivity contribution in [3.63, 3.8) is 0 Å². The first-order valence-electron chi connectivity index (χ1n) is 7.06. The summed E-state index contributed by atoms with van der Waals surface area (Å²) in [4.78, 5) is 11.5. The van der Waals surface area contributed by atoms with Crippen molar-refractivity contribution in [2.24, 2.45) is 0 Å². The Balaban J connectivity index is 2.01. The molecular weight excluding hydrogens is 246 g/mol. The van der Waals surface area contributed by atoms with Gasteiger partial charge in [-0.15, -0.1) is 0 Å². The van der Waals surface area contributed by atoms with E-state index in [-0.39, 0.29) is 11.6 Å². The maximum Gasteiger partial charge on any atom is 0.308 e. The zero-order valence-corrected chi connectivity index (χ0v) is 12.4. The van der Waals surface area contributed by atoms with Crippen LogP contribution < -0.4 is 5.32 Å². The van der Waals surface area contributed by atoms with Gasteiger partial charge in [0, 0.05) is 13.5 Å². The summed E-state index contributed by atoms with van der Waals surface area (Å²) in [5, 5.41) is 3.28. The summed E-state index contributed by atoms with van der Waals surface area (Å²) in [6.07, 6.45) is 3.37. The highest BCUT2D eigenvalue weighted by atomic mass is 16.5. The van der Waals surface area contributed by atoms with Crippen LogP contribution in [0, 0.1) is 0 Å². The van der Waals surface area contributed by atoms with Crippen molar-refractivity contribution < 1.29 is 19.0 Å². The smallest absolute Gasteiger partial charge is 0.308 e. The average Bonchev–Trinajstić information content (AvgIpc) is 2.40. The van der Waals surface area contributed by atoms with E-state index < -0.39 is 0 Å². The Bertz CT molecular complexity index is 262. The lowest BCUT2D eigenvalue weighted by Crippen LogP contribution is -2.33. The molecule has 0 aromatic heterocycles. The number of rotatable bonds is 8. The number of esters is 1. The summed E-state index contributed by atoms with van der Waals surface area (Å²) < 4.78 is 16.1. The molecule has 1 aliphatic heterocycles. The third kappa shape index (κ3) is 7.50. The second-order valence-electron chi connectivity index (χ2n) is 5.50. The average molecular weight is 273 g/mol. The van der Waals surface area contributed by atoms with E-state index in [0.717, 1.165) is 25.9 Å². The van der Waals surface area contributed by atoms with Crippen LogP contribution in [0.15, 0.2) is 0 Å². The highest BCUT2D eigenvalue weighted by Crippen LogP contribution is 2.13. The van der Waals surface area contributed by atoms with Gasteiger partial charge in [-0.2, -0.15) is 0 Å². The molecule has 0 aromatic carbocycles. The van der Waals surface area contributed by atoms with Crippen LogP contribution in [-0.2, 0) is 19.0 Å². The lowest BCUT2D eigenvalue weighted by atomic mass is 10.1. The van der Waals surface area contributed by atoms with Crippen LogP contribution in [-0.4, -0.2) is 51.1 Å². The van der Waals surface area contributed by atoms with Crippen LogP contribution in [0.4, 0.5) is 0 Å². The second-order valence-corrected chi connectivity index (χ2v) is 5.50. The van der Waals surface area contributed by atoms with Crippen LogP contribution in [0.3, 0.4) is 0 Å². The van der Waals surface area contributed by atoms with Crippen molar-refractivity contribution in [1.82, 2.24) is 5.32 Å². The monoisotopic (exact) mass is 273 g/mol. The molecule has 0 aromatic rings. The van der Waals surface area contributed by atoms with Crippen LogP contribution in [0.25, 0.3) is 0 Å². The van der Waals surface area contributed by atoms with Crippen molar-refractivity contribution >= 4 is 5.97 Å². The van der Waals surface area contributed by atoms with Crippen LogP contribution in [0.5, 0.6) is 0 Å². The highest BCUT2D eigenvalue weighted by Gasteiger charge is 2.17. The first-order valence-corrected chi connectivity index (χ1v) is 7.06. The van der Waals surface area contributed by atoms with Gasteiger partial charge >= 0.3 is 5.97 Å². The lowest BCUT2D eigenvalue weighted by molar-refractivity contribution is -0.147. The van der Waals surface area contributed by atoms with Gasteiger partial charge in [0.2, 0.25) is 0 Å². The summed E-state index contributed by atoms with van der Waals surface area (Å²) in [5.74, 6) is -0.194. The fraction of sp³-hybridized carbons (Fsp3) is 0.929. The minimum absolute atomic E-state index is 0.194. The maximum atomic E-state index is 11.5. The van der Waals surface area contributed by atoms with Crippen LogP contribution in [0.2, 0.25) is 0 Å². The molecule has 0 unspecified atom stereocenters. The minimum atomic E-state index is -0.244. The van der Waals surface area contributed by atoms with Gasteiger partial charge in [-0.05, 0) is 39.8 Å². The number of methoxy groups -OCH3 is 1. The zero-order chi connectivity index (χ0) is 14.1. The van der Waals surface area contributed by atoms with Gasteiger partial charge in [-0.3, -0.25) is 4.79 Å². The summed E-state index contributed by atoms with van der Waals surface area (Å²) in [7, 11) is 1.66. The maximum absolute atomic E-state index is 11.5. The van der Waals surface area contributed by atoms with Gasteiger partial charge in [-0.25, -0.2) is 0 Å². The molecule has 0 atom stereocenters. The molecule has 5 nitrogen and oxygen atoms in total. The van der Waals surface area contributed by atoms with Gasteiger partial charge in [0.1, 0.15) is 0 Å². The number of piperidine rings is 1. The Morgan fingerprint density at radius 2 is 1.95 bits per heavy atom. The molecule has 0 radical (unpaired) electrons. The molecule has 19 heavy (non-hydrogen) atoms. The molecule has 0 bridgehead atoms. The van der Waals surface area contributed by atoms with E-state index in [4.69, 9.17) is 14.2 Å². The van der Waals surface area contributed by atoms with Crippen LogP contribution in [0.1, 0.15) is 39.5 Å². The first-order chi connectivity index (χ1) is 9.03. The normalized spacial score (nSPS) is 17.4. The number of ether oxygens (including phenoxy) is 3. The summed E-state index contributed by atoms with van der Waals surface area (Å²) in [6.45, 7) is 6.80. The fourth-order valence-electron chi connectivity index (χ4n) is 1.86. The molecule has 1 aliphatic rings. The molecule has 1 saturated heterocycles. The SMILES string of the molecule is COC(C)(C)CCOC(=O)CCOC1CCNCC1. The minimum Gasteiger partial charge on any atom is -0.465 e. The van der Waals surface area contributed by atoms with Crippen molar-refractivity contribution in [2.45, 2.75) is 51.2 Å². The lowest BCUT2D eigenvalue weighted by Gasteiger charge is -2.23. The third-order valence-electron chi connectivity index (χ3n) is 3.47. The van der Waals surface area contributed by atoms with E-state index >= 15 is 0 Å². The molecule has 1 fully saturated rings. The molecule has 0 amide bonds. The molecule has 5 heteroatoms. The quantitative estimate of drug-likeness (QED) is 0.679. The fourth-order valence-corrected chi connectivity index (χ4v) is 1.86. The molecule has 0 aliphatic carbocycles. The largest absolute Gasteiger partial charge is 0.465 e. The molecule has 1 rings (SSSR count). The van der Waals surface area contributed by atoms with E-state index in [1.165, 1.54) is 0 Å². The van der Waals surface area contributed by atoms with Crippen molar-refractivity contribution in [2.75, 3.05) is 33.4 Å². The zero-order valence-electron chi connectivity index (χ0n) is 12.4. The molecule has 0 spiro atoms. The molecular formula is C14H27NO4. The first kappa shape index (κ1) is 16.4. The number of nitrogens with one attached hydrogen (secondary N) is 1. The standard InChI is InChI=1S/C14H27NO4/c1-14(2,17-3)7-11-19-13(16)6-10-18-12-4-8-15-9-5-12/h12,15H,4-11H2,1-3H3. The predicted molar refractivity (Wildman–Crippen MR) is 73.1 cm³/mol. The predicted octanol–water partition coefficient (Wildman–Crippen LogP) is 1.50. The Kier molecular flexibility index (Phi) is 7.34. The van der Waals surface area contributed by atoms with Crippen molar-refractivity contribution in [1.29, 1.82) is 0 Å². The number of carbonyl (C=O) groups excluding carboxylic acids is 1. The number of hydrogen-bond acceptors (Lipinski definition) is 5. The topological polar surface area (TPSA) is 56.8 Å². The van der Waals surface area contributed by atoms with Gasteiger partial charge in [0.05, 0.1) is 31.3 Å². The van der Waals surface area contributed by atoms with Crippen molar-refractivity contribution in [3.8, 4) is 0 Å². The second kappa shape index (κ2) is 8.51. The summed E-state index contributed by atoms with van der Waals surface area (Å²) in [6, 6.07) is 0. The Labute approximate surface area is 116 Å². The van der Waals surface area contributed by atoms with Gasteiger partial charge in [0.25, 0.3) is 0 Å². The van der Waals surface area contributed by atoms with Crippen LogP contribution >= 0.6 is 0 Å². The van der Waals surface area contributed by atoms with Gasteiger partial charge in [-0.1, -0.05) is 0 Å². The molecule has 0 saturated carbocycles. The van der Waals surface area contributed by atoms with E-state index in [1.807, 2.05) is 13.8 Å². The Morgan fingerprint density at radius 3 is 2.58 bits per heavy atom. The van der Waals surface area contributed by atoms with E-state index in [2.05, 4.69) is 5.32 Å². The molecule has 1 N–H and O–H groups in total. The molecule has 112 valence electrons. The third-order valence-corrected chi connectivity index (χ3v) is 3.47. The highest BCUT2D eigenvalue weighted by molar-refractivity contribution is 5.69. The molecule has 1 heterocycles.